The smallest absolute Gasteiger partial charge is 0.325 e. The topological polar surface area (TPSA) is 86.9 Å². The van der Waals surface area contributed by atoms with Crippen molar-refractivity contribution in [2.75, 3.05) is 5.32 Å². The van der Waals surface area contributed by atoms with Crippen LogP contribution in [-0.4, -0.2) is 27.2 Å². The second-order valence-corrected chi connectivity index (χ2v) is 7.41. The van der Waals surface area contributed by atoms with Gasteiger partial charge >= 0.3 is 6.03 Å². The number of H-pyrrole nitrogens is 1. The molecule has 0 aliphatic heterocycles. The van der Waals surface area contributed by atoms with Gasteiger partial charge in [0.15, 0.2) is 5.16 Å². The van der Waals surface area contributed by atoms with Gasteiger partial charge in [-0.2, -0.15) is 0 Å². The van der Waals surface area contributed by atoms with Crippen LogP contribution in [0.4, 0.5) is 10.5 Å². The maximum atomic E-state index is 12.3. The first-order valence-corrected chi connectivity index (χ1v) is 9.11. The molecule has 0 saturated carbocycles. The molecule has 1 unspecified atom stereocenters. The lowest BCUT2D eigenvalue weighted by Crippen LogP contribution is -2.39. The lowest BCUT2D eigenvalue weighted by Gasteiger charge is -2.12. The third-order valence-corrected chi connectivity index (χ3v) is 4.88. The number of urea groups is 1. The molecule has 1 aromatic heterocycles. The number of anilines is 1. The van der Waals surface area contributed by atoms with Crippen LogP contribution >= 0.6 is 11.8 Å². The molecule has 26 heavy (non-hydrogen) atoms. The molecule has 0 bridgehead atoms. The quantitative estimate of drug-likeness (QED) is 0.607. The number of hydrogen-bond acceptors (Lipinski definition) is 4. The van der Waals surface area contributed by atoms with Gasteiger partial charge in [-0.15, -0.1) is 0 Å². The number of aromatic nitrogens is 2. The Morgan fingerprint density at radius 3 is 2.65 bits per heavy atom. The van der Waals surface area contributed by atoms with Crippen molar-refractivity contribution in [3.8, 4) is 0 Å². The number of nitrogens with zero attached hydrogens (tertiary/aromatic N) is 1. The summed E-state index contributed by atoms with van der Waals surface area (Å²) in [6, 6.07) is 12.8. The number of carbonyl (C=O) groups excluding carboxylic acids is 2. The van der Waals surface area contributed by atoms with E-state index in [2.05, 4.69) is 20.6 Å². The predicted octanol–water partition coefficient (Wildman–Crippen LogP) is 4.01. The van der Waals surface area contributed by atoms with E-state index in [1.807, 2.05) is 56.3 Å². The largest absolute Gasteiger partial charge is 0.333 e. The Kier molecular flexibility index (Phi) is 5.27. The van der Waals surface area contributed by atoms with Gasteiger partial charge in [0.25, 0.3) is 0 Å². The van der Waals surface area contributed by atoms with E-state index in [9.17, 15) is 9.59 Å². The number of imide groups is 1. The summed E-state index contributed by atoms with van der Waals surface area (Å²) in [6.45, 7) is 5.62. The van der Waals surface area contributed by atoms with Crippen molar-refractivity contribution in [1.29, 1.82) is 0 Å². The van der Waals surface area contributed by atoms with E-state index in [1.54, 1.807) is 6.92 Å². The number of para-hydroxylation sites is 2. The monoisotopic (exact) mass is 368 g/mol. The highest BCUT2D eigenvalue weighted by molar-refractivity contribution is 8.00. The Hall–Kier alpha value is -2.80. The maximum Gasteiger partial charge on any atom is 0.325 e. The minimum atomic E-state index is -0.543. The zero-order chi connectivity index (χ0) is 18.7. The number of imidazole rings is 1. The third-order valence-electron chi connectivity index (χ3n) is 3.89. The average molecular weight is 368 g/mol. The van der Waals surface area contributed by atoms with Crippen LogP contribution in [-0.2, 0) is 4.79 Å². The van der Waals surface area contributed by atoms with Crippen LogP contribution in [0.2, 0.25) is 0 Å². The molecule has 3 N–H and O–H groups in total. The standard InChI is InChI=1S/C19H20N4O2S/c1-11-8-9-14(12(2)10-11)20-18(25)23-17(24)13(3)26-19-21-15-6-4-5-7-16(15)22-19/h4-10,13H,1-3H3,(H,21,22)(H2,20,23,24,25). The average Bonchev–Trinajstić information content (AvgIpc) is 2.99. The molecular formula is C19H20N4O2S. The van der Waals surface area contributed by atoms with Crippen molar-refractivity contribution in [3.05, 3.63) is 53.6 Å². The molecule has 0 aliphatic rings. The van der Waals surface area contributed by atoms with Crippen LogP contribution < -0.4 is 10.6 Å². The van der Waals surface area contributed by atoms with Crippen molar-refractivity contribution in [1.82, 2.24) is 15.3 Å². The molecule has 134 valence electrons. The molecule has 3 rings (SSSR count). The number of aryl methyl sites for hydroxylation is 2. The van der Waals surface area contributed by atoms with E-state index in [1.165, 1.54) is 11.8 Å². The third kappa shape index (κ3) is 4.23. The van der Waals surface area contributed by atoms with Gasteiger partial charge in [-0.3, -0.25) is 10.1 Å². The van der Waals surface area contributed by atoms with Crippen molar-refractivity contribution in [3.63, 3.8) is 0 Å². The van der Waals surface area contributed by atoms with E-state index >= 15 is 0 Å². The Morgan fingerprint density at radius 1 is 1.15 bits per heavy atom. The first-order chi connectivity index (χ1) is 12.4. The van der Waals surface area contributed by atoms with E-state index in [0.717, 1.165) is 22.2 Å². The molecular weight excluding hydrogens is 348 g/mol. The summed E-state index contributed by atoms with van der Waals surface area (Å²) in [7, 11) is 0. The van der Waals surface area contributed by atoms with Crippen LogP contribution in [0, 0.1) is 13.8 Å². The number of rotatable bonds is 4. The molecule has 7 heteroatoms. The lowest BCUT2D eigenvalue weighted by atomic mass is 10.1. The zero-order valence-electron chi connectivity index (χ0n) is 14.8. The summed E-state index contributed by atoms with van der Waals surface area (Å²) < 4.78 is 0. The van der Waals surface area contributed by atoms with Crippen molar-refractivity contribution in [2.45, 2.75) is 31.2 Å². The Labute approximate surface area is 155 Å². The van der Waals surface area contributed by atoms with Crippen LogP contribution in [0.25, 0.3) is 11.0 Å². The number of thioether (sulfide) groups is 1. The highest BCUT2D eigenvalue weighted by atomic mass is 32.2. The molecule has 0 radical (unpaired) electrons. The Morgan fingerprint density at radius 2 is 1.92 bits per heavy atom. The fourth-order valence-corrected chi connectivity index (χ4v) is 3.35. The number of nitrogens with one attached hydrogen (secondary N) is 3. The van der Waals surface area contributed by atoms with Gasteiger partial charge in [-0.05, 0) is 44.5 Å². The summed E-state index contributed by atoms with van der Waals surface area (Å²) in [6.07, 6.45) is 0. The van der Waals surface area contributed by atoms with Gasteiger partial charge in [-0.25, -0.2) is 9.78 Å². The van der Waals surface area contributed by atoms with Gasteiger partial charge in [0, 0.05) is 5.69 Å². The number of amides is 3. The van der Waals surface area contributed by atoms with E-state index in [4.69, 9.17) is 0 Å². The summed E-state index contributed by atoms with van der Waals surface area (Å²) in [5, 5.41) is 5.25. The van der Waals surface area contributed by atoms with Gasteiger partial charge in [-0.1, -0.05) is 41.6 Å². The number of aromatic amines is 1. The Bertz CT molecular complexity index is 934. The van der Waals surface area contributed by atoms with Gasteiger partial charge in [0.2, 0.25) is 5.91 Å². The first kappa shape index (κ1) is 18.0. The number of carbonyl (C=O) groups is 2. The molecule has 0 aliphatic carbocycles. The summed E-state index contributed by atoms with van der Waals surface area (Å²) >= 11 is 1.27. The van der Waals surface area contributed by atoms with Crippen LogP contribution in [0.15, 0.2) is 47.6 Å². The minimum Gasteiger partial charge on any atom is -0.333 e. The number of fused-ring (bicyclic) bond motifs is 1. The first-order valence-electron chi connectivity index (χ1n) is 8.23. The second-order valence-electron chi connectivity index (χ2n) is 6.08. The molecule has 3 amide bonds. The molecule has 0 spiro atoms. The lowest BCUT2D eigenvalue weighted by molar-refractivity contribution is -0.119. The van der Waals surface area contributed by atoms with Gasteiger partial charge < -0.3 is 10.3 Å². The SMILES string of the molecule is Cc1ccc(NC(=O)NC(=O)C(C)Sc2nc3ccccc3[nH]2)c(C)c1. The number of benzene rings is 2. The molecule has 6 nitrogen and oxygen atoms in total. The van der Waals surface area contributed by atoms with Crippen molar-refractivity contribution >= 4 is 40.4 Å². The maximum absolute atomic E-state index is 12.3. The van der Waals surface area contributed by atoms with E-state index in [-0.39, 0.29) is 5.91 Å². The second kappa shape index (κ2) is 7.61. The van der Waals surface area contributed by atoms with Crippen LogP contribution in [0.5, 0.6) is 0 Å². The number of hydrogen-bond donors (Lipinski definition) is 3. The van der Waals surface area contributed by atoms with Gasteiger partial charge in [0.1, 0.15) is 0 Å². The fourth-order valence-electron chi connectivity index (χ4n) is 2.53. The van der Waals surface area contributed by atoms with E-state index in [0.29, 0.717) is 10.8 Å². The minimum absolute atomic E-state index is 0.377. The highest BCUT2D eigenvalue weighted by Gasteiger charge is 2.19. The summed E-state index contributed by atoms with van der Waals surface area (Å²) in [5.41, 5.74) is 4.49. The van der Waals surface area contributed by atoms with E-state index < -0.39 is 11.3 Å². The van der Waals surface area contributed by atoms with Crippen molar-refractivity contribution in [2.24, 2.45) is 0 Å². The molecule has 1 heterocycles. The summed E-state index contributed by atoms with van der Waals surface area (Å²) in [4.78, 5) is 31.9. The molecule has 2 aromatic carbocycles. The molecule has 3 aromatic rings. The molecule has 0 fully saturated rings. The highest BCUT2D eigenvalue weighted by Crippen LogP contribution is 2.23. The zero-order valence-corrected chi connectivity index (χ0v) is 15.6. The van der Waals surface area contributed by atoms with Gasteiger partial charge in [0.05, 0.1) is 16.3 Å². The van der Waals surface area contributed by atoms with Crippen LogP contribution in [0.1, 0.15) is 18.1 Å². The predicted molar refractivity (Wildman–Crippen MR) is 104 cm³/mol. The Balaban J connectivity index is 1.58. The summed E-state index contributed by atoms with van der Waals surface area (Å²) in [5.74, 6) is -0.377. The van der Waals surface area contributed by atoms with Crippen LogP contribution in [0.3, 0.4) is 0 Å². The fraction of sp³-hybridized carbons (Fsp3) is 0.211. The molecule has 0 saturated heterocycles. The van der Waals surface area contributed by atoms with Crippen molar-refractivity contribution < 1.29 is 9.59 Å². The normalized spacial score (nSPS) is 12.0. The molecule has 1 atom stereocenters.